The number of allylic oxidation sites excluding steroid dienone is 10. The van der Waals surface area contributed by atoms with E-state index < -0.39 is 0 Å². The second-order valence-electron chi connectivity index (χ2n) is 10.8. The molecule has 1 aliphatic heterocycles. The average molecular weight is 592 g/mol. The first-order valence-electron chi connectivity index (χ1n) is 15.7. The van der Waals surface area contributed by atoms with Crippen LogP contribution < -0.4 is 10.1 Å². The van der Waals surface area contributed by atoms with Gasteiger partial charge in [0.2, 0.25) is 5.88 Å². The summed E-state index contributed by atoms with van der Waals surface area (Å²) < 4.78 is 19.3. The highest BCUT2D eigenvalue weighted by Crippen LogP contribution is 2.33. The van der Waals surface area contributed by atoms with Gasteiger partial charge in [0.25, 0.3) is 0 Å². The largest absolute Gasteiger partial charge is 0.477 e. The van der Waals surface area contributed by atoms with Crippen molar-refractivity contribution in [2.75, 3.05) is 19.0 Å². The highest BCUT2D eigenvalue weighted by molar-refractivity contribution is 5.95. The van der Waals surface area contributed by atoms with Crippen LogP contribution in [0.3, 0.4) is 0 Å². The van der Waals surface area contributed by atoms with Gasteiger partial charge in [-0.05, 0) is 67.4 Å². The van der Waals surface area contributed by atoms with E-state index >= 15 is 0 Å². The molecule has 6 heteroatoms. The minimum atomic E-state index is -0.375. The monoisotopic (exact) mass is 591 g/mol. The maximum Gasteiger partial charge on any atom is 0.213 e. The van der Waals surface area contributed by atoms with Gasteiger partial charge in [0.15, 0.2) is 5.78 Å². The summed E-state index contributed by atoms with van der Waals surface area (Å²) in [6.45, 7) is 20.5. The Morgan fingerprint density at radius 2 is 1.86 bits per heavy atom. The predicted molar refractivity (Wildman–Crippen MR) is 181 cm³/mol. The zero-order chi connectivity index (χ0) is 32.2. The summed E-state index contributed by atoms with van der Waals surface area (Å²) in [5.74, 6) is 1.08. The molecule has 1 aromatic rings. The number of Topliss-reactive ketones (excluding diaryl/α,β-unsaturated/α-hetero) is 1. The van der Waals surface area contributed by atoms with Crippen molar-refractivity contribution in [3.8, 4) is 5.88 Å². The second-order valence-corrected chi connectivity index (χ2v) is 10.8. The number of carbonyl (C=O) groups excluding carboxylic acids is 1. The molecule has 1 atom stereocenters. The molecule has 1 unspecified atom stereocenters. The van der Waals surface area contributed by atoms with Crippen molar-refractivity contribution in [1.29, 1.82) is 0 Å². The summed E-state index contributed by atoms with van der Waals surface area (Å²) in [5, 5.41) is 3.06. The molecule has 236 valence electrons. The summed E-state index contributed by atoms with van der Waals surface area (Å²) in [4.78, 5) is 18.4. The first kappa shape index (κ1) is 37.4. The van der Waals surface area contributed by atoms with Gasteiger partial charge < -0.3 is 15.0 Å². The molecule has 1 N–H and O–H groups in total. The van der Waals surface area contributed by atoms with Gasteiger partial charge in [-0.25, -0.2) is 9.37 Å². The standard InChI is InChI=1S/C21H26FNO.C16H28N2O/c1-7-10-18(11-8-2)20(15(4)9-3)21(17(6)24)23-13-12-19(22)14-16(23)5;1-4-6-8-14(9-7-5-2)13-19-16-11-10-15(17-3)12-18-16/h7-8,10-15H,1,5,9H2,2-4,6H3;10-12,14,17H,4-9,13H2,1-3H3/b11-8-,18-10+,21-20+;. The molecule has 0 saturated heterocycles. The van der Waals surface area contributed by atoms with Crippen LogP contribution in [0, 0.1) is 11.8 Å². The van der Waals surface area contributed by atoms with Crippen molar-refractivity contribution < 1.29 is 13.9 Å². The lowest BCUT2D eigenvalue weighted by molar-refractivity contribution is -0.114. The quantitative estimate of drug-likeness (QED) is 0.144. The molecule has 2 rings (SSSR count). The van der Waals surface area contributed by atoms with E-state index in [1.807, 2.05) is 50.5 Å². The Morgan fingerprint density at radius 1 is 1.19 bits per heavy atom. The lowest BCUT2D eigenvalue weighted by Gasteiger charge is -2.30. The van der Waals surface area contributed by atoms with Gasteiger partial charge in [-0.3, -0.25) is 4.79 Å². The smallest absolute Gasteiger partial charge is 0.213 e. The molecular weight excluding hydrogens is 537 g/mol. The fourth-order valence-corrected chi connectivity index (χ4v) is 4.74. The van der Waals surface area contributed by atoms with Gasteiger partial charge in [-0.15, -0.1) is 0 Å². The van der Waals surface area contributed by atoms with Gasteiger partial charge in [-0.2, -0.15) is 0 Å². The SMILES string of the molecule is C=C/C=C(\C=C/C)C(=C(\C(C)=O)N1C=CC(F)=CC1=C)/C(C)CC.CCCCC(CCCC)COc1ccc(NC)cn1. The molecular formula is C37H54FN3O2. The first-order valence-corrected chi connectivity index (χ1v) is 15.7. The van der Waals surface area contributed by atoms with E-state index in [1.165, 1.54) is 57.6 Å². The third-order valence-electron chi connectivity index (χ3n) is 7.31. The van der Waals surface area contributed by atoms with Gasteiger partial charge in [0.05, 0.1) is 24.2 Å². The zero-order valence-electron chi connectivity index (χ0n) is 27.6. The lowest BCUT2D eigenvalue weighted by atomic mass is 9.87. The fraction of sp³-hybridized carbons (Fsp3) is 0.459. The van der Waals surface area contributed by atoms with Crippen molar-refractivity contribution in [2.24, 2.45) is 11.8 Å². The van der Waals surface area contributed by atoms with Crippen LogP contribution in [0.1, 0.15) is 86.5 Å². The van der Waals surface area contributed by atoms with E-state index in [-0.39, 0.29) is 17.5 Å². The molecule has 0 fully saturated rings. The van der Waals surface area contributed by atoms with Gasteiger partial charge in [-0.1, -0.05) is 90.8 Å². The molecule has 43 heavy (non-hydrogen) atoms. The summed E-state index contributed by atoms with van der Waals surface area (Å²) in [6.07, 6.45) is 22.0. The fourth-order valence-electron chi connectivity index (χ4n) is 4.74. The Kier molecular flexibility index (Phi) is 18.3. The number of hydrogen-bond acceptors (Lipinski definition) is 5. The number of hydrogen-bond donors (Lipinski definition) is 1. The van der Waals surface area contributed by atoms with E-state index in [4.69, 9.17) is 4.74 Å². The summed E-state index contributed by atoms with van der Waals surface area (Å²) in [6, 6.07) is 3.93. The molecule has 0 bridgehead atoms. The molecule has 5 nitrogen and oxygen atoms in total. The number of rotatable bonds is 17. The molecule has 1 aromatic heterocycles. The molecule has 0 amide bonds. The third kappa shape index (κ3) is 13.0. The van der Waals surface area contributed by atoms with Crippen molar-refractivity contribution in [2.45, 2.75) is 86.5 Å². The Morgan fingerprint density at radius 3 is 2.33 bits per heavy atom. The normalized spacial score (nSPS) is 14.6. The maximum absolute atomic E-state index is 13.4. The summed E-state index contributed by atoms with van der Waals surface area (Å²) >= 11 is 0. The second kappa shape index (κ2) is 21.1. The van der Waals surface area contributed by atoms with E-state index in [0.717, 1.165) is 35.7 Å². The van der Waals surface area contributed by atoms with Crippen LogP contribution in [0.2, 0.25) is 0 Å². The number of unbranched alkanes of at least 4 members (excludes halogenated alkanes) is 2. The zero-order valence-corrected chi connectivity index (χ0v) is 27.6. The predicted octanol–water partition coefficient (Wildman–Crippen LogP) is 10.3. The Balaban J connectivity index is 0.000000442. The molecule has 0 aromatic carbocycles. The van der Waals surface area contributed by atoms with Crippen molar-refractivity contribution in [3.63, 3.8) is 0 Å². The number of nitrogens with zero attached hydrogens (tertiary/aromatic N) is 2. The Hall–Kier alpha value is -3.67. The van der Waals surface area contributed by atoms with Crippen LogP contribution in [0.15, 0.2) is 103 Å². The van der Waals surface area contributed by atoms with Crippen LogP contribution in [0.4, 0.5) is 10.1 Å². The highest BCUT2D eigenvalue weighted by atomic mass is 19.1. The molecule has 1 aliphatic rings. The first-order chi connectivity index (χ1) is 20.7. The summed E-state index contributed by atoms with van der Waals surface area (Å²) in [5.41, 5.74) is 3.79. The van der Waals surface area contributed by atoms with E-state index in [1.54, 1.807) is 17.2 Å². The van der Waals surface area contributed by atoms with Gasteiger partial charge >= 0.3 is 0 Å². The Bertz CT molecular complexity index is 1170. The number of nitrogens with one attached hydrogen (secondary N) is 1. The molecule has 0 aliphatic carbocycles. The number of ketones is 1. The molecule has 0 spiro atoms. The van der Waals surface area contributed by atoms with E-state index in [2.05, 4.69) is 51.2 Å². The lowest BCUT2D eigenvalue weighted by Crippen LogP contribution is -2.25. The average Bonchev–Trinajstić information content (AvgIpc) is 3.00. The molecule has 2 heterocycles. The number of pyridine rings is 1. The van der Waals surface area contributed by atoms with Crippen LogP contribution in [-0.4, -0.2) is 29.3 Å². The van der Waals surface area contributed by atoms with Crippen molar-refractivity contribution in [3.05, 3.63) is 103 Å². The van der Waals surface area contributed by atoms with Crippen LogP contribution in [0.25, 0.3) is 0 Å². The highest BCUT2D eigenvalue weighted by Gasteiger charge is 2.25. The topological polar surface area (TPSA) is 54.5 Å². The van der Waals surface area contributed by atoms with Gasteiger partial charge in [0.1, 0.15) is 5.83 Å². The van der Waals surface area contributed by atoms with Crippen LogP contribution in [-0.2, 0) is 4.79 Å². The molecule has 0 radical (unpaired) electrons. The molecule has 0 saturated carbocycles. The van der Waals surface area contributed by atoms with E-state index in [0.29, 0.717) is 17.3 Å². The van der Waals surface area contributed by atoms with Crippen LogP contribution >= 0.6 is 0 Å². The maximum atomic E-state index is 13.4. The van der Waals surface area contributed by atoms with Crippen molar-refractivity contribution >= 4 is 11.5 Å². The minimum Gasteiger partial charge on any atom is -0.477 e. The third-order valence-corrected chi connectivity index (χ3v) is 7.31. The summed E-state index contributed by atoms with van der Waals surface area (Å²) in [7, 11) is 1.89. The number of halogens is 1. The number of ether oxygens (including phenoxy) is 1. The Labute approximate surface area is 260 Å². The van der Waals surface area contributed by atoms with E-state index in [9.17, 15) is 9.18 Å². The van der Waals surface area contributed by atoms with Gasteiger partial charge in [0, 0.05) is 31.9 Å². The number of aromatic nitrogens is 1. The number of carbonyl (C=O) groups is 1. The number of anilines is 1. The minimum absolute atomic E-state index is 0.0914. The van der Waals surface area contributed by atoms with Crippen molar-refractivity contribution in [1.82, 2.24) is 9.88 Å². The van der Waals surface area contributed by atoms with Crippen LogP contribution in [0.5, 0.6) is 5.88 Å².